The number of hydrogen-bond acceptors (Lipinski definition) is 3. The summed E-state index contributed by atoms with van der Waals surface area (Å²) in [6, 6.07) is 9.41. The summed E-state index contributed by atoms with van der Waals surface area (Å²) in [5, 5.41) is 0. The lowest BCUT2D eigenvalue weighted by Gasteiger charge is -2.09. The summed E-state index contributed by atoms with van der Waals surface area (Å²) < 4.78 is 5.11. The van der Waals surface area contributed by atoms with Crippen LogP contribution in [0.2, 0.25) is 0 Å². The Kier molecular flexibility index (Phi) is 3.45. The smallest absolute Gasteiger partial charge is 0.318 e. The van der Waals surface area contributed by atoms with E-state index in [1.54, 1.807) is 0 Å². The molecule has 0 fully saturated rings. The first-order chi connectivity index (χ1) is 8.25. The molecule has 1 amide bonds. The molecule has 0 radical (unpaired) electrons. The molecule has 1 atom stereocenters. The molecule has 1 aliphatic heterocycles. The molecular weight excluding hydrogens is 218 g/mol. The topological polar surface area (TPSA) is 55.7 Å². The van der Waals surface area contributed by atoms with Crippen LogP contribution in [0.25, 0.3) is 0 Å². The zero-order valence-electron chi connectivity index (χ0n) is 9.08. The van der Waals surface area contributed by atoms with Gasteiger partial charge in [-0.1, -0.05) is 36.4 Å². The van der Waals surface area contributed by atoms with Crippen LogP contribution >= 0.6 is 0 Å². The summed E-state index contributed by atoms with van der Waals surface area (Å²) in [7, 11) is 0. The molecule has 0 N–H and O–H groups in total. The molecule has 4 heteroatoms. The highest BCUT2D eigenvalue weighted by Crippen LogP contribution is 2.07. The summed E-state index contributed by atoms with van der Waals surface area (Å²) in [5.41, 5.74) is 0.925. The van der Waals surface area contributed by atoms with Gasteiger partial charge in [0.05, 0.1) is 0 Å². The van der Waals surface area contributed by atoms with Crippen LogP contribution in [0.1, 0.15) is 5.56 Å². The summed E-state index contributed by atoms with van der Waals surface area (Å²) >= 11 is 0. The average Bonchev–Trinajstić information content (AvgIpc) is 2.38. The van der Waals surface area contributed by atoms with Crippen LogP contribution in [-0.4, -0.2) is 18.1 Å². The minimum Gasteiger partial charge on any atom is -0.460 e. The third kappa shape index (κ3) is 3.11. The maximum atomic E-state index is 11.6. The molecule has 0 aliphatic carbocycles. The lowest BCUT2D eigenvalue weighted by Crippen LogP contribution is -2.19. The van der Waals surface area contributed by atoms with Crippen molar-refractivity contribution in [3.05, 3.63) is 48.0 Å². The number of aliphatic imine (C=N–C) groups is 1. The molecule has 0 saturated heterocycles. The van der Waals surface area contributed by atoms with Gasteiger partial charge in [0, 0.05) is 12.3 Å². The number of dihydropyridines is 1. The first kappa shape index (κ1) is 11.3. The zero-order chi connectivity index (χ0) is 12.1. The van der Waals surface area contributed by atoms with Crippen molar-refractivity contribution in [2.75, 3.05) is 0 Å². The molecule has 0 bridgehead atoms. The zero-order valence-corrected chi connectivity index (χ0v) is 9.08. The number of ether oxygens (including phenoxy) is 1. The van der Waals surface area contributed by atoms with Crippen LogP contribution < -0.4 is 0 Å². The van der Waals surface area contributed by atoms with Crippen LogP contribution in [0.4, 0.5) is 0 Å². The van der Waals surface area contributed by atoms with Crippen LogP contribution in [0.15, 0.2) is 47.5 Å². The van der Waals surface area contributed by atoms with Crippen molar-refractivity contribution in [3.8, 4) is 0 Å². The largest absolute Gasteiger partial charge is 0.460 e. The first-order valence-corrected chi connectivity index (χ1v) is 5.22. The first-order valence-electron chi connectivity index (χ1n) is 5.22. The Labute approximate surface area is 98.6 Å². The fraction of sp³-hybridized carbons (Fsp3) is 0.154. The van der Waals surface area contributed by atoms with Crippen molar-refractivity contribution in [2.45, 2.75) is 6.61 Å². The van der Waals surface area contributed by atoms with Crippen LogP contribution in [0.3, 0.4) is 0 Å². The maximum absolute atomic E-state index is 11.6. The van der Waals surface area contributed by atoms with Crippen LogP contribution in [0, 0.1) is 5.92 Å². The second kappa shape index (κ2) is 5.21. The predicted molar refractivity (Wildman–Crippen MR) is 62.4 cm³/mol. The van der Waals surface area contributed by atoms with E-state index in [0.717, 1.165) is 5.56 Å². The third-order valence-electron chi connectivity index (χ3n) is 2.30. The molecule has 1 aromatic rings. The fourth-order valence-electron chi connectivity index (χ4n) is 1.40. The number of nitrogens with zero attached hydrogens (tertiary/aromatic N) is 1. The predicted octanol–water partition coefficient (Wildman–Crippen LogP) is 1.51. The van der Waals surface area contributed by atoms with Crippen molar-refractivity contribution in [1.82, 2.24) is 0 Å². The van der Waals surface area contributed by atoms with Crippen molar-refractivity contribution in [2.24, 2.45) is 10.9 Å². The Bertz CT molecular complexity index is 461. The van der Waals surface area contributed by atoms with Gasteiger partial charge in [0.1, 0.15) is 12.5 Å². The highest BCUT2D eigenvalue weighted by atomic mass is 16.5. The average molecular weight is 229 g/mol. The number of amides is 1. The molecule has 0 spiro atoms. The Balaban J connectivity index is 1.88. The van der Waals surface area contributed by atoms with Crippen LogP contribution in [-0.2, 0) is 20.9 Å². The highest BCUT2D eigenvalue weighted by Gasteiger charge is 2.18. The van der Waals surface area contributed by atoms with E-state index in [0.29, 0.717) is 0 Å². The van der Waals surface area contributed by atoms with Crippen LogP contribution in [0.5, 0.6) is 0 Å². The quantitative estimate of drug-likeness (QED) is 0.738. The fourth-order valence-corrected chi connectivity index (χ4v) is 1.40. The monoisotopic (exact) mass is 229 g/mol. The normalized spacial score (nSPS) is 18.1. The summed E-state index contributed by atoms with van der Waals surface area (Å²) in [6.45, 7) is 0.228. The van der Waals surface area contributed by atoms with Gasteiger partial charge in [0.15, 0.2) is 0 Å². The van der Waals surface area contributed by atoms with Crippen molar-refractivity contribution < 1.29 is 14.3 Å². The molecule has 2 rings (SSSR count). The Morgan fingerprint density at radius 2 is 2.06 bits per heavy atom. The summed E-state index contributed by atoms with van der Waals surface area (Å²) in [6.07, 6.45) is 4.06. The standard InChI is InChI=1S/C13H11NO3/c15-12-7-6-11(8-14-12)13(16)17-9-10-4-2-1-3-5-10/h1-8,11H,9H2. The van der Waals surface area contributed by atoms with Gasteiger partial charge in [-0.25, -0.2) is 4.99 Å². The van der Waals surface area contributed by atoms with E-state index >= 15 is 0 Å². The lowest BCUT2D eigenvalue weighted by atomic mass is 10.1. The van der Waals surface area contributed by atoms with E-state index < -0.39 is 11.9 Å². The molecule has 4 nitrogen and oxygen atoms in total. The molecule has 1 aromatic carbocycles. The minimum absolute atomic E-state index is 0.228. The molecule has 86 valence electrons. The van der Waals surface area contributed by atoms with Gasteiger partial charge in [-0.3, -0.25) is 9.59 Å². The lowest BCUT2D eigenvalue weighted by molar-refractivity contribution is -0.145. The maximum Gasteiger partial charge on any atom is 0.318 e. The number of esters is 1. The van der Waals surface area contributed by atoms with Crippen molar-refractivity contribution in [3.63, 3.8) is 0 Å². The van der Waals surface area contributed by atoms with E-state index in [2.05, 4.69) is 4.99 Å². The molecule has 1 unspecified atom stereocenters. The number of benzene rings is 1. The molecule has 17 heavy (non-hydrogen) atoms. The van der Waals surface area contributed by atoms with Crippen molar-refractivity contribution >= 4 is 18.1 Å². The Morgan fingerprint density at radius 1 is 1.29 bits per heavy atom. The molecule has 0 aromatic heterocycles. The number of carbonyl (C=O) groups is 2. The van der Waals surface area contributed by atoms with Crippen molar-refractivity contribution in [1.29, 1.82) is 0 Å². The van der Waals surface area contributed by atoms with Gasteiger partial charge in [-0.2, -0.15) is 0 Å². The number of rotatable bonds is 3. The molecular formula is C13H11NO3. The molecule has 1 aliphatic rings. The minimum atomic E-state index is -0.559. The Morgan fingerprint density at radius 3 is 2.71 bits per heavy atom. The van der Waals surface area contributed by atoms with Gasteiger partial charge in [-0.05, 0) is 5.56 Å². The van der Waals surface area contributed by atoms with E-state index in [1.165, 1.54) is 18.4 Å². The molecule has 1 heterocycles. The van der Waals surface area contributed by atoms with Gasteiger partial charge in [0.2, 0.25) is 0 Å². The SMILES string of the molecule is O=C1C=CC(C(=O)OCc2ccccc2)C=N1. The second-order valence-corrected chi connectivity index (χ2v) is 3.59. The summed E-state index contributed by atoms with van der Waals surface area (Å²) in [5.74, 6) is -1.31. The van der Waals surface area contributed by atoms with Gasteiger partial charge in [-0.15, -0.1) is 0 Å². The number of hydrogen-bond donors (Lipinski definition) is 0. The van der Waals surface area contributed by atoms with E-state index in [-0.39, 0.29) is 12.5 Å². The third-order valence-corrected chi connectivity index (χ3v) is 2.30. The molecule has 0 saturated carbocycles. The number of carbonyl (C=O) groups excluding carboxylic acids is 2. The Hall–Kier alpha value is -2.23. The summed E-state index contributed by atoms with van der Waals surface area (Å²) in [4.78, 5) is 25.9. The second-order valence-electron chi connectivity index (χ2n) is 3.59. The van der Waals surface area contributed by atoms with Gasteiger partial charge in [0.25, 0.3) is 5.91 Å². The van der Waals surface area contributed by atoms with E-state index in [9.17, 15) is 9.59 Å². The van der Waals surface area contributed by atoms with E-state index in [4.69, 9.17) is 4.74 Å². The highest BCUT2D eigenvalue weighted by molar-refractivity contribution is 6.03. The van der Waals surface area contributed by atoms with Gasteiger partial charge < -0.3 is 4.74 Å². The van der Waals surface area contributed by atoms with E-state index in [1.807, 2.05) is 30.3 Å². The van der Waals surface area contributed by atoms with Gasteiger partial charge >= 0.3 is 5.97 Å².